The smallest absolute Gasteiger partial charge is 0.408 e. The fraction of sp³-hybridized carbons (Fsp3) is 0.552. The van der Waals surface area contributed by atoms with Crippen LogP contribution in [-0.4, -0.2) is 51.8 Å². The quantitative estimate of drug-likeness (QED) is 0.116. The fourth-order valence-electron chi connectivity index (χ4n) is 4.12. The molecule has 0 unspecified atom stereocenters. The molecular formula is C29H42FNO6Si. The average Bonchev–Trinajstić information content (AvgIpc) is 3.15. The number of alkyl carbamates (subject to hydrolysis) is 1. The van der Waals surface area contributed by atoms with Crippen LogP contribution in [0.4, 0.5) is 9.18 Å². The standard InChI is InChI=1S/C29H42FNO6Si/c1-35-27(33)11-8-6-5-7-10-25-26(32)16-18-29(25,31-28(34)37-20-21-38(2,3)4)17-9-19-36-22-23-12-14-24(30)15-13-23/h10,12-16,18H,5-9,11,17,19-22H2,1-4H3,(H,31,34)/b25-10-/t29-/m1/s1. The van der Waals surface area contributed by atoms with Gasteiger partial charge in [-0.05, 0) is 61.9 Å². The van der Waals surface area contributed by atoms with E-state index in [0.717, 1.165) is 30.9 Å². The van der Waals surface area contributed by atoms with Crippen LogP contribution in [0.1, 0.15) is 50.5 Å². The summed E-state index contributed by atoms with van der Waals surface area (Å²) in [5.41, 5.74) is 0.443. The summed E-state index contributed by atoms with van der Waals surface area (Å²) in [6.07, 6.45) is 9.05. The molecule has 7 nitrogen and oxygen atoms in total. The Hall–Kier alpha value is -2.78. The molecule has 2 rings (SSSR count). The van der Waals surface area contributed by atoms with Gasteiger partial charge in [0.1, 0.15) is 5.82 Å². The van der Waals surface area contributed by atoms with Crippen LogP contribution in [-0.2, 0) is 30.4 Å². The van der Waals surface area contributed by atoms with Gasteiger partial charge in [-0.2, -0.15) is 0 Å². The maximum absolute atomic E-state index is 13.1. The first-order chi connectivity index (χ1) is 18.0. The Kier molecular flexibility index (Phi) is 12.9. The number of ketones is 1. The molecule has 0 aromatic heterocycles. The molecule has 1 amide bonds. The molecule has 210 valence electrons. The van der Waals surface area contributed by atoms with E-state index in [9.17, 15) is 18.8 Å². The van der Waals surface area contributed by atoms with Crippen molar-refractivity contribution in [3.05, 3.63) is 59.4 Å². The molecule has 1 aliphatic carbocycles. The van der Waals surface area contributed by atoms with Crippen molar-refractivity contribution in [2.45, 2.75) is 82.8 Å². The molecule has 0 saturated heterocycles. The topological polar surface area (TPSA) is 90.9 Å². The van der Waals surface area contributed by atoms with Gasteiger partial charge in [-0.25, -0.2) is 9.18 Å². The van der Waals surface area contributed by atoms with Crippen LogP contribution in [0.15, 0.2) is 48.1 Å². The highest BCUT2D eigenvalue weighted by Crippen LogP contribution is 2.32. The third kappa shape index (κ3) is 11.3. The van der Waals surface area contributed by atoms with Crippen molar-refractivity contribution < 1.29 is 33.0 Å². The minimum atomic E-state index is -1.36. The van der Waals surface area contributed by atoms with E-state index in [1.54, 1.807) is 18.2 Å². The molecule has 1 aliphatic rings. The summed E-state index contributed by atoms with van der Waals surface area (Å²) in [6, 6.07) is 7.01. The summed E-state index contributed by atoms with van der Waals surface area (Å²) in [6.45, 7) is 7.75. The minimum absolute atomic E-state index is 0.130. The highest BCUT2D eigenvalue weighted by Gasteiger charge is 2.40. The number of hydrogen-bond acceptors (Lipinski definition) is 6. The maximum Gasteiger partial charge on any atom is 0.408 e. The van der Waals surface area contributed by atoms with Crippen LogP contribution in [0.5, 0.6) is 0 Å². The van der Waals surface area contributed by atoms with Gasteiger partial charge in [0, 0.05) is 26.7 Å². The summed E-state index contributed by atoms with van der Waals surface area (Å²) in [5.74, 6) is -0.649. The summed E-state index contributed by atoms with van der Waals surface area (Å²) in [4.78, 5) is 36.8. The largest absolute Gasteiger partial charge is 0.469 e. The molecule has 38 heavy (non-hydrogen) atoms. The molecular weight excluding hydrogens is 505 g/mol. The Labute approximate surface area is 226 Å². The van der Waals surface area contributed by atoms with Crippen molar-refractivity contribution in [3.63, 3.8) is 0 Å². The molecule has 1 atom stereocenters. The third-order valence-corrected chi connectivity index (χ3v) is 8.08. The fourth-order valence-corrected chi connectivity index (χ4v) is 4.83. The number of allylic oxidation sites excluding steroid dienone is 2. The number of halogens is 1. The highest BCUT2D eigenvalue weighted by atomic mass is 28.3. The van der Waals surface area contributed by atoms with E-state index in [0.29, 0.717) is 51.1 Å². The van der Waals surface area contributed by atoms with E-state index < -0.39 is 19.7 Å². The van der Waals surface area contributed by atoms with Crippen LogP contribution in [0.2, 0.25) is 25.7 Å². The van der Waals surface area contributed by atoms with E-state index in [4.69, 9.17) is 9.47 Å². The third-order valence-electron chi connectivity index (χ3n) is 6.38. The normalized spacial score (nSPS) is 18.1. The second-order valence-corrected chi connectivity index (χ2v) is 16.4. The lowest BCUT2D eigenvalue weighted by Gasteiger charge is -2.30. The first-order valence-electron chi connectivity index (χ1n) is 13.3. The van der Waals surface area contributed by atoms with E-state index in [1.807, 2.05) is 6.08 Å². The Morgan fingerprint density at radius 1 is 1.05 bits per heavy atom. The minimum Gasteiger partial charge on any atom is -0.469 e. The van der Waals surface area contributed by atoms with Crippen molar-refractivity contribution in [3.8, 4) is 0 Å². The van der Waals surface area contributed by atoms with Gasteiger partial charge in [-0.15, -0.1) is 0 Å². The summed E-state index contributed by atoms with van der Waals surface area (Å²) < 4.78 is 29.0. The van der Waals surface area contributed by atoms with Gasteiger partial charge in [0.15, 0.2) is 5.78 Å². The molecule has 0 spiro atoms. The average molecular weight is 548 g/mol. The zero-order valence-corrected chi connectivity index (χ0v) is 24.1. The number of esters is 1. The van der Waals surface area contributed by atoms with Crippen LogP contribution < -0.4 is 5.32 Å². The Morgan fingerprint density at radius 2 is 1.79 bits per heavy atom. The number of nitrogens with one attached hydrogen (secondary N) is 1. The number of unbranched alkanes of at least 4 members (excludes halogenated alkanes) is 3. The highest BCUT2D eigenvalue weighted by molar-refractivity contribution is 6.76. The van der Waals surface area contributed by atoms with Gasteiger partial charge < -0.3 is 19.5 Å². The number of hydrogen-bond donors (Lipinski definition) is 1. The van der Waals surface area contributed by atoms with Gasteiger partial charge >= 0.3 is 12.1 Å². The Morgan fingerprint density at radius 3 is 2.47 bits per heavy atom. The molecule has 0 fully saturated rings. The molecule has 0 saturated carbocycles. The van der Waals surface area contributed by atoms with Gasteiger partial charge in [-0.1, -0.05) is 50.3 Å². The monoisotopic (exact) mass is 547 g/mol. The summed E-state index contributed by atoms with van der Waals surface area (Å²) >= 11 is 0. The number of carbonyl (C=O) groups excluding carboxylic acids is 3. The maximum atomic E-state index is 13.1. The van der Waals surface area contributed by atoms with Crippen molar-refractivity contribution in [1.29, 1.82) is 0 Å². The van der Waals surface area contributed by atoms with Crippen LogP contribution >= 0.6 is 0 Å². The molecule has 0 heterocycles. The van der Waals surface area contributed by atoms with Crippen molar-refractivity contribution >= 4 is 25.9 Å². The number of methoxy groups -OCH3 is 1. The number of amides is 1. The van der Waals surface area contributed by atoms with Crippen LogP contribution in [0.3, 0.4) is 0 Å². The zero-order valence-electron chi connectivity index (χ0n) is 23.1. The van der Waals surface area contributed by atoms with Crippen molar-refractivity contribution in [2.24, 2.45) is 0 Å². The summed E-state index contributed by atoms with van der Waals surface area (Å²) in [7, 11) is 0.0148. The number of ether oxygens (including phenoxy) is 3. The van der Waals surface area contributed by atoms with Crippen molar-refractivity contribution in [2.75, 3.05) is 20.3 Å². The van der Waals surface area contributed by atoms with Gasteiger partial charge in [0.2, 0.25) is 0 Å². The van der Waals surface area contributed by atoms with Crippen LogP contribution in [0.25, 0.3) is 0 Å². The molecule has 0 radical (unpaired) electrons. The van der Waals surface area contributed by atoms with E-state index in [2.05, 4.69) is 29.7 Å². The lowest BCUT2D eigenvalue weighted by Crippen LogP contribution is -2.48. The molecule has 1 aromatic rings. The molecule has 1 N–H and O–H groups in total. The zero-order chi connectivity index (χ0) is 28.0. The Bertz CT molecular complexity index is 986. The second kappa shape index (κ2) is 15.6. The Balaban J connectivity index is 1.99. The lowest BCUT2D eigenvalue weighted by atomic mass is 9.86. The van der Waals surface area contributed by atoms with E-state index in [1.165, 1.54) is 25.3 Å². The second-order valence-electron chi connectivity index (χ2n) is 10.8. The number of benzene rings is 1. The van der Waals surface area contributed by atoms with E-state index >= 15 is 0 Å². The molecule has 9 heteroatoms. The van der Waals surface area contributed by atoms with Crippen LogP contribution in [0, 0.1) is 5.82 Å². The molecule has 0 bridgehead atoms. The van der Waals surface area contributed by atoms with Crippen molar-refractivity contribution in [1.82, 2.24) is 5.32 Å². The van der Waals surface area contributed by atoms with Gasteiger partial charge in [0.05, 0.1) is 25.9 Å². The first kappa shape index (κ1) is 31.4. The predicted octanol–water partition coefficient (Wildman–Crippen LogP) is 6.11. The van der Waals surface area contributed by atoms with Gasteiger partial charge in [0.25, 0.3) is 0 Å². The van der Waals surface area contributed by atoms with E-state index in [-0.39, 0.29) is 17.6 Å². The SMILES string of the molecule is COC(=O)CCCCC/C=C1/C(=O)C=C[C@@]1(CCCOCc1ccc(F)cc1)NC(=O)OCC[Si](C)(C)C. The summed E-state index contributed by atoms with van der Waals surface area (Å²) in [5, 5.41) is 2.97. The number of rotatable bonds is 16. The molecule has 1 aromatic carbocycles. The predicted molar refractivity (Wildman–Crippen MR) is 148 cm³/mol. The van der Waals surface area contributed by atoms with Gasteiger partial charge in [-0.3, -0.25) is 9.59 Å². The first-order valence-corrected chi connectivity index (χ1v) is 17.0. The lowest BCUT2D eigenvalue weighted by molar-refractivity contribution is -0.140. The number of carbonyl (C=O) groups is 3. The molecule has 0 aliphatic heterocycles.